The third-order valence-corrected chi connectivity index (χ3v) is 5.67. The van der Waals surface area contributed by atoms with Crippen LogP contribution in [-0.4, -0.2) is 38.8 Å². The number of hydrogen-bond donors (Lipinski definition) is 3. The Morgan fingerprint density at radius 2 is 2.00 bits per heavy atom. The number of fused-ring (bicyclic) bond motifs is 1. The molecule has 9 heteroatoms. The number of benzene rings is 2. The molecule has 0 aliphatic heterocycles. The number of nitrogens with one attached hydrogen (secondary N) is 2. The number of para-hydroxylation sites is 1. The highest BCUT2D eigenvalue weighted by Gasteiger charge is 2.16. The first-order valence-electron chi connectivity index (χ1n) is 10.1. The van der Waals surface area contributed by atoms with Crippen molar-refractivity contribution < 1.29 is 14.6 Å². The predicted molar refractivity (Wildman–Crippen MR) is 122 cm³/mol. The number of aliphatic hydroxyl groups excluding tert-OH is 1. The van der Waals surface area contributed by atoms with Gasteiger partial charge < -0.3 is 15.2 Å². The summed E-state index contributed by atoms with van der Waals surface area (Å²) in [5.41, 5.74) is 3.34. The number of rotatable bonds is 8. The van der Waals surface area contributed by atoms with Crippen molar-refractivity contribution in [3.63, 3.8) is 0 Å². The minimum absolute atomic E-state index is 0.264. The molecule has 2 heterocycles. The average Bonchev–Trinajstić information content (AvgIpc) is 3.21. The fourth-order valence-corrected chi connectivity index (χ4v) is 4.05. The summed E-state index contributed by atoms with van der Waals surface area (Å²) >= 11 is 0.956. The highest BCUT2D eigenvalue weighted by molar-refractivity contribution is 7.08. The van der Waals surface area contributed by atoms with E-state index in [2.05, 4.69) is 20.5 Å². The summed E-state index contributed by atoms with van der Waals surface area (Å²) in [7, 11) is 0. The number of ether oxygens (including phenoxy) is 1. The number of pyridine rings is 1. The Labute approximate surface area is 187 Å². The fraction of sp³-hybridized carbons (Fsp3) is 0.217. The number of nitrogens with zero attached hydrogens (tertiary/aromatic N) is 2. The molecule has 0 saturated heterocycles. The second-order valence-electron chi connectivity index (χ2n) is 7.32. The van der Waals surface area contributed by atoms with Crippen LogP contribution < -0.4 is 14.9 Å². The summed E-state index contributed by atoms with van der Waals surface area (Å²) in [5, 5.41) is 20.1. The van der Waals surface area contributed by atoms with Gasteiger partial charge in [-0.15, -0.1) is 0 Å². The maximum atomic E-state index is 12.5. The van der Waals surface area contributed by atoms with Crippen LogP contribution in [0, 0.1) is 6.92 Å². The Bertz CT molecular complexity index is 1280. The molecule has 1 amide bonds. The molecule has 1 atom stereocenters. The summed E-state index contributed by atoms with van der Waals surface area (Å²) in [4.78, 5) is 28.0. The van der Waals surface area contributed by atoms with Gasteiger partial charge in [-0.05, 0) is 43.3 Å². The number of aromatic nitrogens is 3. The molecule has 2 aromatic heterocycles. The zero-order valence-electron chi connectivity index (χ0n) is 17.4. The van der Waals surface area contributed by atoms with Gasteiger partial charge in [-0.25, -0.2) is 5.10 Å². The Morgan fingerprint density at radius 3 is 2.72 bits per heavy atom. The Morgan fingerprint density at radius 1 is 1.22 bits per heavy atom. The first-order chi connectivity index (χ1) is 15.5. The summed E-state index contributed by atoms with van der Waals surface area (Å²) in [6.07, 6.45) is 0.270. The van der Waals surface area contributed by atoms with E-state index < -0.39 is 6.04 Å². The van der Waals surface area contributed by atoms with Gasteiger partial charge in [0.15, 0.2) is 0 Å². The average molecular weight is 451 g/mol. The van der Waals surface area contributed by atoms with Crippen molar-refractivity contribution in [1.82, 2.24) is 20.5 Å². The molecular weight excluding hydrogens is 428 g/mol. The number of carbonyl (C=O) groups excluding carboxylic acids is 1. The molecule has 0 radical (unpaired) electrons. The smallest absolute Gasteiger partial charge is 0.322 e. The molecule has 2 aromatic carbocycles. The standard InChI is InChI=1S/C23H22N4O4S/c1-14-10-16(19-4-2-3-5-20(19)24-14)13-31-18-8-6-15(7-9-18)22(29)25-17(12-28)11-21-26-27-23(30)32-21/h2-10,17,28H,11-13H2,1H3,(H,25,29)(H,27,30). The third kappa shape index (κ3) is 5.19. The number of aliphatic hydroxyl groups is 1. The Hall–Kier alpha value is -3.56. The molecule has 4 aromatic rings. The van der Waals surface area contributed by atoms with Crippen LogP contribution in [0.5, 0.6) is 5.75 Å². The van der Waals surface area contributed by atoms with Gasteiger partial charge in [0.2, 0.25) is 0 Å². The van der Waals surface area contributed by atoms with Crippen molar-refractivity contribution in [2.45, 2.75) is 26.0 Å². The van der Waals surface area contributed by atoms with Crippen molar-refractivity contribution in [2.24, 2.45) is 0 Å². The normalized spacial score (nSPS) is 11.9. The van der Waals surface area contributed by atoms with E-state index in [1.165, 1.54) is 0 Å². The van der Waals surface area contributed by atoms with Gasteiger partial charge in [0.25, 0.3) is 5.91 Å². The molecule has 3 N–H and O–H groups in total. The van der Waals surface area contributed by atoms with Crippen LogP contribution in [0.25, 0.3) is 10.9 Å². The van der Waals surface area contributed by atoms with Crippen LogP contribution >= 0.6 is 11.3 Å². The summed E-state index contributed by atoms with van der Waals surface area (Å²) < 4.78 is 5.93. The van der Waals surface area contributed by atoms with Crippen LogP contribution in [0.1, 0.15) is 26.6 Å². The van der Waals surface area contributed by atoms with Crippen molar-refractivity contribution in [3.05, 3.63) is 86.1 Å². The van der Waals surface area contributed by atoms with E-state index in [0.29, 0.717) is 22.9 Å². The largest absolute Gasteiger partial charge is 0.489 e. The van der Waals surface area contributed by atoms with Gasteiger partial charge in [0.1, 0.15) is 17.4 Å². The maximum Gasteiger partial charge on any atom is 0.322 e. The van der Waals surface area contributed by atoms with Crippen LogP contribution in [-0.2, 0) is 13.0 Å². The minimum atomic E-state index is -0.541. The lowest BCUT2D eigenvalue weighted by atomic mass is 10.1. The van der Waals surface area contributed by atoms with Gasteiger partial charge >= 0.3 is 4.87 Å². The number of H-pyrrole nitrogens is 1. The second-order valence-corrected chi connectivity index (χ2v) is 8.36. The molecular formula is C23H22N4O4S. The maximum absolute atomic E-state index is 12.5. The monoisotopic (exact) mass is 450 g/mol. The highest BCUT2D eigenvalue weighted by Crippen LogP contribution is 2.21. The van der Waals surface area contributed by atoms with Crippen LogP contribution in [0.2, 0.25) is 0 Å². The van der Waals surface area contributed by atoms with Gasteiger partial charge in [0, 0.05) is 28.6 Å². The van der Waals surface area contributed by atoms with Crippen molar-refractivity contribution >= 4 is 28.1 Å². The molecule has 32 heavy (non-hydrogen) atoms. The van der Waals surface area contributed by atoms with Crippen LogP contribution in [0.15, 0.2) is 59.4 Å². The van der Waals surface area contributed by atoms with E-state index >= 15 is 0 Å². The summed E-state index contributed by atoms with van der Waals surface area (Å²) in [6.45, 7) is 2.07. The summed E-state index contributed by atoms with van der Waals surface area (Å²) in [5.74, 6) is 0.314. The van der Waals surface area contributed by atoms with Crippen LogP contribution in [0.4, 0.5) is 0 Å². The van der Waals surface area contributed by atoms with Gasteiger partial charge in [0.05, 0.1) is 18.2 Å². The zero-order chi connectivity index (χ0) is 22.5. The summed E-state index contributed by atoms with van der Waals surface area (Å²) in [6, 6.07) is 16.2. The quantitative estimate of drug-likeness (QED) is 0.380. The molecule has 164 valence electrons. The third-order valence-electron chi connectivity index (χ3n) is 4.90. The molecule has 0 saturated carbocycles. The molecule has 0 fully saturated rings. The molecule has 8 nitrogen and oxygen atoms in total. The highest BCUT2D eigenvalue weighted by atomic mass is 32.1. The lowest BCUT2D eigenvalue weighted by Gasteiger charge is -2.15. The van der Waals surface area contributed by atoms with Gasteiger partial charge in [-0.2, -0.15) is 5.10 Å². The second kappa shape index (κ2) is 9.71. The molecule has 0 aliphatic carbocycles. The number of hydrogen-bond acceptors (Lipinski definition) is 7. The number of carbonyl (C=O) groups is 1. The first-order valence-corrected chi connectivity index (χ1v) is 10.9. The lowest BCUT2D eigenvalue weighted by molar-refractivity contribution is 0.0916. The van der Waals surface area contributed by atoms with Crippen LogP contribution in [0.3, 0.4) is 0 Å². The van der Waals surface area contributed by atoms with E-state index in [9.17, 15) is 14.7 Å². The van der Waals surface area contributed by atoms with E-state index in [1.807, 2.05) is 37.3 Å². The molecule has 0 bridgehead atoms. The van der Waals surface area contributed by atoms with Crippen molar-refractivity contribution in [1.29, 1.82) is 0 Å². The van der Waals surface area contributed by atoms with E-state index in [-0.39, 0.29) is 23.8 Å². The first kappa shape index (κ1) is 21.7. The lowest BCUT2D eigenvalue weighted by Crippen LogP contribution is -2.39. The van der Waals surface area contributed by atoms with Crippen molar-refractivity contribution in [3.8, 4) is 5.75 Å². The van der Waals surface area contributed by atoms with Crippen molar-refractivity contribution in [2.75, 3.05) is 6.61 Å². The number of aryl methyl sites for hydroxylation is 1. The SMILES string of the molecule is Cc1cc(COc2ccc(C(=O)NC(CO)Cc3n[nH]c(=O)s3)cc2)c2ccccc2n1. The van der Waals surface area contributed by atoms with E-state index in [1.54, 1.807) is 24.3 Å². The Balaban J connectivity index is 1.38. The topological polar surface area (TPSA) is 117 Å². The Kier molecular flexibility index (Phi) is 6.58. The van der Waals surface area contributed by atoms with Gasteiger partial charge in [-0.3, -0.25) is 14.6 Å². The molecule has 4 rings (SSSR count). The number of aromatic amines is 1. The minimum Gasteiger partial charge on any atom is -0.489 e. The van der Waals surface area contributed by atoms with E-state index in [4.69, 9.17) is 4.74 Å². The molecule has 1 unspecified atom stereocenters. The predicted octanol–water partition coefficient (Wildman–Crippen LogP) is 2.60. The zero-order valence-corrected chi connectivity index (χ0v) is 18.2. The molecule has 0 spiro atoms. The van der Waals surface area contributed by atoms with Gasteiger partial charge in [-0.1, -0.05) is 29.5 Å². The van der Waals surface area contributed by atoms with E-state index in [0.717, 1.165) is 33.5 Å². The molecule has 0 aliphatic rings. The number of amides is 1. The fourth-order valence-electron chi connectivity index (χ4n) is 3.37.